The van der Waals surface area contributed by atoms with Crippen molar-refractivity contribution in [2.45, 2.75) is 25.9 Å². The van der Waals surface area contributed by atoms with Crippen molar-refractivity contribution in [3.63, 3.8) is 0 Å². The highest BCUT2D eigenvalue weighted by molar-refractivity contribution is 9.10. The molecular weight excluding hydrogens is 320 g/mol. The maximum Gasteiger partial charge on any atom is 0.122 e. The van der Waals surface area contributed by atoms with Crippen molar-refractivity contribution in [2.75, 3.05) is 6.61 Å². The Kier molecular flexibility index (Phi) is 3.56. The number of benzene rings is 1. The monoisotopic (exact) mass is 336 g/mol. The highest BCUT2D eigenvalue weighted by atomic mass is 79.9. The van der Waals surface area contributed by atoms with E-state index < -0.39 is 6.10 Å². The third-order valence-corrected chi connectivity index (χ3v) is 4.78. The quantitative estimate of drug-likeness (QED) is 0.937. The van der Waals surface area contributed by atoms with Gasteiger partial charge in [0.2, 0.25) is 0 Å². The van der Waals surface area contributed by atoms with Crippen molar-refractivity contribution in [3.8, 4) is 5.75 Å². The summed E-state index contributed by atoms with van der Waals surface area (Å²) in [4.78, 5) is 0. The van der Waals surface area contributed by atoms with Crippen LogP contribution in [-0.4, -0.2) is 21.5 Å². The van der Waals surface area contributed by atoms with E-state index in [-0.39, 0.29) is 0 Å². The predicted octanol–water partition coefficient (Wildman–Crippen LogP) is 2.70. The van der Waals surface area contributed by atoms with E-state index in [9.17, 15) is 5.11 Å². The molecule has 20 heavy (non-hydrogen) atoms. The van der Waals surface area contributed by atoms with Crippen molar-refractivity contribution >= 4 is 15.9 Å². The molecule has 1 unspecified atom stereocenters. The number of aromatic nitrogens is 2. The number of aliphatic hydroxyl groups is 1. The highest BCUT2D eigenvalue weighted by Crippen LogP contribution is 2.30. The van der Waals surface area contributed by atoms with Gasteiger partial charge in [-0.25, -0.2) is 0 Å². The summed E-state index contributed by atoms with van der Waals surface area (Å²) in [7, 11) is 1.90. The fourth-order valence-electron chi connectivity index (χ4n) is 2.62. The lowest BCUT2D eigenvalue weighted by molar-refractivity contribution is 0.175. The summed E-state index contributed by atoms with van der Waals surface area (Å²) >= 11 is 3.54. The summed E-state index contributed by atoms with van der Waals surface area (Å²) < 4.78 is 8.28. The lowest BCUT2D eigenvalue weighted by Crippen LogP contribution is -2.07. The molecule has 106 valence electrons. The summed E-state index contributed by atoms with van der Waals surface area (Å²) in [5.74, 6) is 0.943. The number of fused-ring (bicyclic) bond motifs is 1. The number of aryl methyl sites for hydroxylation is 2. The molecule has 1 aromatic heterocycles. The molecule has 1 N–H and O–H groups in total. The molecule has 0 aliphatic carbocycles. The van der Waals surface area contributed by atoms with Crippen LogP contribution in [0.2, 0.25) is 0 Å². The van der Waals surface area contributed by atoms with E-state index in [4.69, 9.17) is 4.74 Å². The molecule has 1 aliphatic rings. The number of nitrogens with zero attached hydrogens (tertiary/aromatic N) is 2. The molecule has 1 atom stereocenters. The van der Waals surface area contributed by atoms with Crippen molar-refractivity contribution in [2.24, 2.45) is 7.05 Å². The molecule has 0 radical (unpaired) electrons. The van der Waals surface area contributed by atoms with Gasteiger partial charge in [-0.05, 0) is 46.1 Å². The largest absolute Gasteiger partial charge is 0.493 e. The molecule has 3 rings (SSSR count). The molecule has 1 aliphatic heterocycles. The number of rotatable bonds is 3. The first-order valence-electron chi connectivity index (χ1n) is 6.68. The van der Waals surface area contributed by atoms with Crippen molar-refractivity contribution in [1.29, 1.82) is 0 Å². The first-order chi connectivity index (χ1) is 9.56. The molecule has 4 nitrogen and oxygen atoms in total. The normalized spacial score (nSPS) is 15.0. The molecule has 0 saturated heterocycles. The Labute approximate surface area is 126 Å². The Bertz CT molecular complexity index is 652. The van der Waals surface area contributed by atoms with E-state index in [1.54, 1.807) is 0 Å². The molecule has 2 aromatic rings. The van der Waals surface area contributed by atoms with E-state index in [0.717, 1.165) is 40.2 Å². The average molecular weight is 337 g/mol. The summed E-state index contributed by atoms with van der Waals surface area (Å²) in [6.45, 7) is 2.69. The van der Waals surface area contributed by atoms with E-state index in [2.05, 4.69) is 21.0 Å². The van der Waals surface area contributed by atoms with Crippen LogP contribution in [0.15, 0.2) is 22.7 Å². The van der Waals surface area contributed by atoms with Crippen LogP contribution in [0.3, 0.4) is 0 Å². The Hall–Kier alpha value is -1.33. The highest BCUT2D eigenvalue weighted by Gasteiger charge is 2.19. The number of aliphatic hydroxyl groups excluding tert-OH is 1. The number of ether oxygens (including phenoxy) is 1. The zero-order valence-corrected chi connectivity index (χ0v) is 13.1. The van der Waals surface area contributed by atoms with E-state index in [1.165, 1.54) is 5.56 Å². The molecule has 1 aromatic carbocycles. The maximum absolute atomic E-state index is 10.5. The van der Waals surface area contributed by atoms with Crippen molar-refractivity contribution in [3.05, 3.63) is 45.2 Å². The van der Waals surface area contributed by atoms with Gasteiger partial charge in [0.15, 0.2) is 0 Å². The minimum atomic E-state index is -0.535. The Morgan fingerprint density at radius 2 is 2.30 bits per heavy atom. The van der Waals surface area contributed by atoms with Gasteiger partial charge in [0.05, 0.1) is 28.6 Å². The van der Waals surface area contributed by atoms with Gasteiger partial charge in [-0.15, -0.1) is 0 Å². The topological polar surface area (TPSA) is 47.3 Å². The number of hydrogen-bond acceptors (Lipinski definition) is 3. The second-order valence-electron chi connectivity index (χ2n) is 5.16. The molecule has 0 bridgehead atoms. The van der Waals surface area contributed by atoms with E-state index in [0.29, 0.717) is 6.42 Å². The van der Waals surface area contributed by atoms with Crippen LogP contribution in [0.5, 0.6) is 5.75 Å². The summed E-state index contributed by atoms with van der Waals surface area (Å²) in [6, 6.07) is 5.93. The summed E-state index contributed by atoms with van der Waals surface area (Å²) in [6.07, 6.45) is 0.925. The van der Waals surface area contributed by atoms with Crippen LogP contribution in [0.25, 0.3) is 0 Å². The van der Waals surface area contributed by atoms with Crippen LogP contribution < -0.4 is 4.74 Å². The van der Waals surface area contributed by atoms with E-state index >= 15 is 0 Å². The Balaban J connectivity index is 1.84. The van der Waals surface area contributed by atoms with E-state index in [1.807, 2.05) is 36.9 Å². The molecule has 0 saturated carbocycles. The molecule has 2 heterocycles. The van der Waals surface area contributed by atoms with Gasteiger partial charge in [0.25, 0.3) is 0 Å². The summed E-state index contributed by atoms with van der Waals surface area (Å²) in [5.41, 5.74) is 4.06. The van der Waals surface area contributed by atoms with Gasteiger partial charge < -0.3 is 9.84 Å². The third-order valence-electron chi connectivity index (χ3n) is 3.75. The lowest BCUT2D eigenvalue weighted by atomic mass is 10.0. The zero-order valence-electron chi connectivity index (χ0n) is 11.6. The molecule has 5 heteroatoms. The molecular formula is C15H17BrN2O2. The number of halogens is 1. The summed E-state index contributed by atoms with van der Waals surface area (Å²) in [5, 5.41) is 14.8. The standard InChI is InChI=1S/C15H17BrN2O2/c1-9-15(16)12(18(2)17-9)8-13(19)10-3-4-14-11(7-10)5-6-20-14/h3-4,7,13,19H,5-6,8H2,1-2H3. The van der Waals surface area contributed by atoms with Gasteiger partial charge in [-0.1, -0.05) is 6.07 Å². The zero-order chi connectivity index (χ0) is 14.3. The van der Waals surface area contributed by atoms with Gasteiger partial charge in [-0.3, -0.25) is 4.68 Å². The lowest BCUT2D eigenvalue weighted by Gasteiger charge is -2.13. The maximum atomic E-state index is 10.5. The molecule has 0 fully saturated rings. The third kappa shape index (κ3) is 2.36. The van der Waals surface area contributed by atoms with Crippen molar-refractivity contribution in [1.82, 2.24) is 9.78 Å². The molecule has 0 spiro atoms. The van der Waals surface area contributed by atoms with Gasteiger partial charge in [-0.2, -0.15) is 5.10 Å². The first kappa shape index (κ1) is 13.6. The van der Waals surface area contributed by atoms with Crippen LogP contribution in [-0.2, 0) is 19.9 Å². The van der Waals surface area contributed by atoms with Gasteiger partial charge >= 0.3 is 0 Å². The fraction of sp³-hybridized carbons (Fsp3) is 0.400. The Morgan fingerprint density at radius 3 is 3.00 bits per heavy atom. The average Bonchev–Trinajstić information content (AvgIpc) is 2.98. The van der Waals surface area contributed by atoms with Crippen LogP contribution in [0.4, 0.5) is 0 Å². The minimum Gasteiger partial charge on any atom is -0.493 e. The fourth-order valence-corrected chi connectivity index (χ4v) is 3.11. The van der Waals surface area contributed by atoms with Gasteiger partial charge in [0, 0.05) is 19.9 Å². The second kappa shape index (κ2) is 5.22. The van der Waals surface area contributed by atoms with Crippen molar-refractivity contribution < 1.29 is 9.84 Å². The molecule has 0 amide bonds. The van der Waals surface area contributed by atoms with Crippen LogP contribution in [0, 0.1) is 6.92 Å². The SMILES string of the molecule is Cc1nn(C)c(CC(O)c2ccc3c(c2)CCO3)c1Br. The van der Waals surface area contributed by atoms with Crippen LogP contribution >= 0.6 is 15.9 Å². The smallest absolute Gasteiger partial charge is 0.122 e. The predicted molar refractivity (Wildman–Crippen MR) is 79.9 cm³/mol. The Morgan fingerprint density at radius 1 is 1.50 bits per heavy atom. The van der Waals surface area contributed by atoms with Gasteiger partial charge in [0.1, 0.15) is 5.75 Å². The number of hydrogen-bond donors (Lipinski definition) is 1. The van der Waals surface area contributed by atoms with Crippen LogP contribution in [0.1, 0.15) is 28.6 Å². The first-order valence-corrected chi connectivity index (χ1v) is 7.47. The second-order valence-corrected chi connectivity index (χ2v) is 5.95. The minimum absolute atomic E-state index is 0.535.